The van der Waals surface area contributed by atoms with Gasteiger partial charge in [0.15, 0.2) is 0 Å². The van der Waals surface area contributed by atoms with Crippen LogP contribution < -0.4 is 18.9 Å². The smallest absolute Gasteiger partial charge is 0.330 e. The Bertz CT molecular complexity index is 6680. The second-order valence-electron chi connectivity index (χ2n) is 34.2. The van der Waals surface area contributed by atoms with Gasteiger partial charge in [-0.25, -0.2) is 28.8 Å². The van der Waals surface area contributed by atoms with Crippen LogP contribution in [0.25, 0.3) is 87.0 Å². The van der Waals surface area contributed by atoms with Gasteiger partial charge in [-0.15, -0.1) is 0 Å². The third-order valence-electron chi connectivity index (χ3n) is 25.4. The van der Waals surface area contributed by atoms with Gasteiger partial charge in [-0.3, -0.25) is 29.0 Å². The maximum absolute atomic E-state index is 17.0. The van der Waals surface area contributed by atoms with Gasteiger partial charge in [-0.05, 0) is 145 Å². The molecule has 0 aliphatic carbocycles. The van der Waals surface area contributed by atoms with E-state index >= 15 is 28.8 Å². The Balaban J connectivity index is 0.899. The van der Waals surface area contributed by atoms with Gasteiger partial charge >= 0.3 is 35.8 Å². The van der Waals surface area contributed by atoms with Crippen molar-refractivity contribution in [1.82, 2.24) is 9.80 Å². The van der Waals surface area contributed by atoms with Gasteiger partial charge in [0.25, 0.3) is 23.6 Å². The van der Waals surface area contributed by atoms with Crippen molar-refractivity contribution in [3.05, 3.63) is 313 Å². The van der Waals surface area contributed by atoms with Crippen molar-refractivity contribution in [2.45, 2.75) is 91.5 Å². The molecule has 2 aliphatic rings. The number of fused-ring (bicyclic) bond motifs is 8. The first-order chi connectivity index (χ1) is 69.1. The molecule has 2 aliphatic heterocycles. The number of nitrogens with zero attached hydrogens (tertiary/aromatic N) is 2. The summed E-state index contributed by atoms with van der Waals surface area (Å²) in [5.41, 5.74) is 5.87. The number of esters is 6. The monoisotopic (exact) mass is 1910 g/mol. The first kappa shape index (κ1) is 97.5. The molecule has 0 saturated heterocycles. The van der Waals surface area contributed by atoms with E-state index in [4.69, 9.17) is 75.2 Å². The highest BCUT2D eigenvalue weighted by atomic mass is 16.6. The van der Waals surface area contributed by atoms with Crippen molar-refractivity contribution in [2.75, 3.05) is 79.3 Å². The van der Waals surface area contributed by atoms with E-state index in [1.807, 2.05) is 135 Å². The fourth-order valence-electron chi connectivity index (χ4n) is 17.9. The lowest BCUT2D eigenvalue weighted by molar-refractivity contribution is -0.152. The molecule has 28 heteroatoms. The minimum atomic E-state index is -1.60. The van der Waals surface area contributed by atoms with Gasteiger partial charge in [-0.2, -0.15) is 0 Å². The molecule has 4 unspecified atom stereocenters. The van der Waals surface area contributed by atoms with Crippen molar-refractivity contribution in [2.24, 2.45) is 11.8 Å². The fraction of sp³-hybridized carbons (Fsp3) is 0.246. The molecule has 15 aromatic rings. The Morgan fingerprint density at radius 2 is 0.577 bits per heavy atom. The SMILES string of the molecule is C=CC(=O)OCCOCCc1ccc(Oc2cc3c4c(cc(Oc5ccc(CCOCCOC(=O)C=C)cc5)c5c6c(Oc7ccc(CCOCCOC(=O)C=C)cc7)cc7c8c(cc(Oc9ccc(CCOCCOC(=O)C=C)cc9)c(c2c45)c86)C(=O)N(C(C(=O)OCc2cccc4c2oc2ccccc24)C(C)CC)C7=O)C(=O)N(C(C(=O)OCc2cccc4c2oc2ccccc24)C(C)CC)C3=O)cc1. The highest BCUT2D eigenvalue weighted by Gasteiger charge is 2.49. The first-order valence-corrected chi connectivity index (χ1v) is 46.9. The molecular formula is C114H102N2O26. The van der Waals surface area contributed by atoms with Crippen molar-refractivity contribution >= 4 is 146 Å². The predicted octanol–water partition coefficient (Wildman–Crippen LogP) is 21.4. The van der Waals surface area contributed by atoms with E-state index in [0.29, 0.717) is 59.1 Å². The summed E-state index contributed by atoms with van der Waals surface area (Å²) in [5.74, 6) is -8.86. The minimum Gasteiger partial charge on any atom is -0.460 e. The lowest BCUT2D eigenvalue weighted by Crippen LogP contribution is -2.53. The average molecular weight is 1920 g/mol. The average Bonchev–Trinajstić information content (AvgIpc) is 0.719. The number of hydrogen-bond acceptors (Lipinski definition) is 26. The van der Waals surface area contributed by atoms with Crippen molar-refractivity contribution < 1.29 is 123 Å². The van der Waals surface area contributed by atoms with Gasteiger partial charge in [0, 0.05) is 100 Å². The summed E-state index contributed by atoms with van der Waals surface area (Å²) in [5, 5.41) is 4.12. The van der Waals surface area contributed by atoms with Crippen LogP contribution in [0.15, 0.2) is 266 Å². The van der Waals surface area contributed by atoms with Crippen LogP contribution >= 0.6 is 0 Å². The molecule has 142 heavy (non-hydrogen) atoms. The lowest BCUT2D eigenvalue weighted by atomic mass is 9.80. The molecule has 28 nitrogen and oxygen atoms in total. The third-order valence-corrected chi connectivity index (χ3v) is 25.4. The summed E-state index contributed by atoms with van der Waals surface area (Å²) >= 11 is 0. The number of amides is 4. The van der Waals surface area contributed by atoms with Gasteiger partial charge < -0.3 is 75.2 Å². The molecule has 4 heterocycles. The third kappa shape index (κ3) is 20.8. The van der Waals surface area contributed by atoms with Crippen LogP contribution in [0.3, 0.4) is 0 Å². The van der Waals surface area contributed by atoms with Crippen molar-refractivity contribution in [1.29, 1.82) is 0 Å². The Kier molecular flexibility index (Phi) is 30.4. The topological polar surface area (TPSA) is 333 Å². The number of imide groups is 2. The molecule has 13 aromatic carbocycles. The summed E-state index contributed by atoms with van der Waals surface area (Å²) in [6.45, 7) is 21.7. The van der Waals surface area contributed by atoms with Gasteiger partial charge in [0.05, 0.1) is 75.1 Å². The predicted molar refractivity (Wildman–Crippen MR) is 531 cm³/mol. The van der Waals surface area contributed by atoms with Crippen LogP contribution in [-0.2, 0) is 115 Å². The maximum Gasteiger partial charge on any atom is 0.330 e. The summed E-state index contributed by atoms with van der Waals surface area (Å²) in [4.78, 5) is 149. The number of furan rings is 2. The normalized spacial score (nSPS) is 13.2. The van der Waals surface area contributed by atoms with Crippen LogP contribution in [0.2, 0.25) is 0 Å². The molecule has 2 aromatic heterocycles. The molecule has 724 valence electrons. The highest BCUT2D eigenvalue weighted by Crippen LogP contribution is 2.59. The van der Waals surface area contributed by atoms with E-state index in [-0.39, 0.29) is 217 Å². The number of ether oxygens (including phenoxy) is 14. The van der Waals surface area contributed by atoms with E-state index in [0.717, 1.165) is 77.9 Å². The summed E-state index contributed by atoms with van der Waals surface area (Å²) < 4.78 is 99.4. The number of hydrogen-bond donors (Lipinski definition) is 0. The Labute approximate surface area is 816 Å². The van der Waals surface area contributed by atoms with Crippen LogP contribution in [0.1, 0.15) is 115 Å². The molecule has 0 N–H and O–H groups in total. The Hall–Kier alpha value is -16.1. The number of carbonyl (C=O) groups is 10. The largest absolute Gasteiger partial charge is 0.460 e. The van der Waals surface area contributed by atoms with E-state index in [1.165, 1.54) is 24.3 Å². The molecule has 4 atom stereocenters. The number of para-hydroxylation sites is 4. The minimum absolute atomic E-state index is 0.00525. The van der Waals surface area contributed by atoms with E-state index < -0.39 is 83.4 Å². The molecule has 0 fully saturated rings. The maximum atomic E-state index is 17.0. The molecule has 0 bridgehead atoms. The zero-order chi connectivity index (χ0) is 99.2. The van der Waals surface area contributed by atoms with Crippen molar-refractivity contribution in [3.8, 4) is 46.0 Å². The second kappa shape index (κ2) is 44.3. The van der Waals surface area contributed by atoms with E-state index in [9.17, 15) is 19.2 Å². The lowest BCUT2D eigenvalue weighted by Gasteiger charge is -2.37. The zero-order valence-electron chi connectivity index (χ0n) is 78.7. The number of benzene rings is 13. The van der Waals surface area contributed by atoms with E-state index in [2.05, 4.69) is 26.3 Å². The van der Waals surface area contributed by atoms with Gasteiger partial charge in [0.1, 0.15) is 120 Å². The second-order valence-corrected chi connectivity index (χ2v) is 34.2. The van der Waals surface area contributed by atoms with Crippen LogP contribution in [0.5, 0.6) is 46.0 Å². The standard InChI is InChI=1S/C114H102N2O26/c1-9-67(7)105(113(125)135-65-73-21-19-25-81-79-23-15-17-27-87(79)141-107(73)81)115-109(121)83-61-89(137-75-37-29-69(30-38-75)45-49-127-53-57-131-93(117)11-3)99-101-91(139-77-41-33-71(34-42-77)47-51-129-55-59-133-95(119)13-5)63-85-98-86(112(124)116(111(85)123)106(68(8)10-2)114(126)136-66-74-22-20-26-82-80-24-16-18-28-88(80)142-108(74)82)64-92(140-78-43-35-72(36-44-78)48-52-130-56-60-134-96(120)14-6)102(104(98)101)100-90(62-84(110(115)122)97(83)103(99)100)138-76-39-31-70(32-40-76)46-50-128-54-58-132-94(118)12-4/h11-44,61-64,67-68,105-106H,3-6,9-10,45-60,65-66H2,1-2,7-8H3. The molecule has 0 spiro atoms. The van der Waals surface area contributed by atoms with Crippen LogP contribution in [0.4, 0.5) is 0 Å². The fourth-order valence-corrected chi connectivity index (χ4v) is 17.9. The molecular weight excluding hydrogens is 1810 g/mol. The van der Waals surface area contributed by atoms with Gasteiger partial charge in [-0.1, -0.05) is 188 Å². The molecule has 0 saturated carbocycles. The summed E-state index contributed by atoms with van der Waals surface area (Å²) in [6, 6.07) is 57.2. The highest BCUT2D eigenvalue weighted by molar-refractivity contribution is 6.45. The van der Waals surface area contributed by atoms with Crippen LogP contribution in [0, 0.1) is 11.8 Å². The Morgan fingerprint density at radius 3 is 0.845 bits per heavy atom. The molecule has 17 rings (SSSR count). The summed E-state index contributed by atoms with van der Waals surface area (Å²) in [7, 11) is 0. The van der Waals surface area contributed by atoms with Crippen molar-refractivity contribution in [3.63, 3.8) is 0 Å². The van der Waals surface area contributed by atoms with Gasteiger partial charge in [0.2, 0.25) is 0 Å². The molecule has 4 amide bonds. The Morgan fingerprint density at radius 1 is 0.310 bits per heavy atom. The van der Waals surface area contributed by atoms with Crippen LogP contribution in [-0.4, -0.2) is 161 Å². The van der Waals surface area contributed by atoms with E-state index in [1.54, 1.807) is 74.5 Å². The zero-order valence-corrected chi connectivity index (χ0v) is 78.7. The summed E-state index contributed by atoms with van der Waals surface area (Å²) in [6.07, 6.45) is 6.33. The molecule has 0 radical (unpaired) electrons. The quantitative estimate of drug-likeness (QED) is 0.00650. The number of rotatable bonds is 48. The first-order valence-electron chi connectivity index (χ1n) is 46.9. The number of carbonyl (C=O) groups excluding carboxylic acids is 10.